The lowest BCUT2D eigenvalue weighted by Crippen LogP contribution is -2.02. The van der Waals surface area contributed by atoms with E-state index in [9.17, 15) is 0 Å². The van der Waals surface area contributed by atoms with Crippen LogP contribution in [0.1, 0.15) is 12.5 Å². The Morgan fingerprint density at radius 1 is 1.29 bits per heavy atom. The summed E-state index contributed by atoms with van der Waals surface area (Å²) in [7, 11) is 1.57. The van der Waals surface area contributed by atoms with Crippen molar-refractivity contribution in [2.75, 3.05) is 7.11 Å². The molecule has 2 N–H and O–H groups in total. The maximum Gasteiger partial charge on any atom is 0.191 e. The van der Waals surface area contributed by atoms with Crippen molar-refractivity contribution in [2.24, 2.45) is 5.73 Å². The van der Waals surface area contributed by atoms with E-state index in [0.717, 1.165) is 11.1 Å². The molecule has 0 spiro atoms. The molecule has 0 amide bonds. The molecule has 0 aromatic heterocycles. The molecule has 0 saturated heterocycles. The van der Waals surface area contributed by atoms with E-state index in [-0.39, 0.29) is 0 Å². The molecule has 0 aliphatic rings. The molecule has 0 bridgehead atoms. The SMILES string of the molecule is C/C=C\C(=C(/N)OC)c1ccccc1. The third-order valence-corrected chi connectivity index (χ3v) is 1.90. The third kappa shape index (κ3) is 2.39. The van der Waals surface area contributed by atoms with Crippen molar-refractivity contribution in [1.82, 2.24) is 0 Å². The third-order valence-electron chi connectivity index (χ3n) is 1.90. The Balaban J connectivity index is 3.14. The molecular formula is C12H15NO. The maximum atomic E-state index is 5.74. The molecule has 2 nitrogen and oxygen atoms in total. The van der Waals surface area contributed by atoms with Crippen molar-refractivity contribution in [3.8, 4) is 0 Å². The van der Waals surface area contributed by atoms with Crippen molar-refractivity contribution in [3.63, 3.8) is 0 Å². The molecular weight excluding hydrogens is 174 g/mol. The Labute approximate surface area is 84.7 Å². The van der Waals surface area contributed by atoms with Crippen LogP contribution in [0.4, 0.5) is 0 Å². The van der Waals surface area contributed by atoms with Crippen LogP contribution in [-0.2, 0) is 4.74 Å². The Morgan fingerprint density at radius 2 is 1.93 bits per heavy atom. The van der Waals surface area contributed by atoms with Gasteiger partial charge in [0.2, 0.25) is 0 Å². The first-order chi connectivity index (χ1) is 6.79. The summed E-state index contributed by atoms with van der Waals surface area (Å²) in [5.74, 6) is 0.439. The Bertz CT molecular complexity index is 339. The van der Waals surface area contributed by atoms with Gasteiger partial charge < -0.3 is 10.5 Å². The molecule has 0 atom stereocenters. The van der Waals surface area contributed by atoms with Gasteiger partial charge in [-0.15, -0.1) is 0 Å². The highest BCUT2D eigenvalue weighted by molar-refractivity contribution is 5.75. The number of methoxy groups -OCH3 is 1. The number of nitrogens with two attached hydrogens (primary N) is 1. The minimum Gasteiger partial charge on any atom is -0.482 e. The summed E-state index contributed by atoms with van der Waals surface area (Å²) in [4.78, 5) is 0. The fourth-order valence-corrected chi connectivity index (χ4v) is 1.21. The summed E-state index contributed by atoms with van der Waals surface area (Å²) in [5, 5.41) is 0. The van der Waals surface area contributed by atoms with Crippen LogP contribution in [0.2, 0.25) is 0 Å². The van der Waals surface area contributed by atoms with Gasteiger partial charge >= 0.3 is 0 Å². The van der Waals surface area contributed by atoms with Crippen molar-refractivity contribution in [1.29, 1.82) is 0 Å². The monoisotopic (exact) mass is 189 g/mol. The van der Waals surface area contributed by atoms with E-state index >= 15 is 0 Å². The molecule has 1 aromatic carbocycles. The predicted octanol–water partition coefficient (Wildman–Crippen LogP) is 2.54. The molecule has 0 unspecified atom stereocenters. The first-order valence-electron chi connectivity index (χ1n) is 4.51. The number of allylic oxidation sites excluding steroid dienone is 3. The van der Waals surface area contributed by atoms with Crippen LogP contribution in [0.5, 0.6) is 0 Å². The molecule has 14 heavy (non-hydrogen) atoms. The van der Waals surface area contributed by atoms with Gasteiger partial charge in [-0.25, -0.2) is 0 Å². The standard InChI is InChI=1S/C12H15NO/c1-3-7-11(12(13)14-2)10-8-5-4-6-9-10/h3-9H,13H2,1-2H3/b7-3-,12-11-. The van der Waals surface area contributed by atoms with Crippen molar-refractivity contribution in [3.05, 3.63) is 53.9 Å². The van der Waals surface area contributed by atoms with Gasteiger partial charge in [-0.3, -0.25) is 0 Å². The van der Waals surface area contributed by atoms with Gasteiger partial charge in [0.15, 0.2) is 5.88 Å². The van der Waals surface area contributed by atoms with Crippen LogP contribution in [-0.4, -0.2) is 7.11 Å². The highest BCUT2D eigenvalue weighted by Gasteiger charge is 2.02. The molecule has 0 aliphatic carbocycles. The van der Waals surface area contributed by atoms with Gasteiger partial charge in [0.25, 0.3) is 0 Å². The van der Waals surface area contributed by atoms with E-state index in [1.165, 1.54) is 0 Å². The van der Waals surface area contributed by atoms with Gasteiger partial charge in [0.05, 0.1) is 7.11 Å². The molecule has 1 aromatic rings. The zero-order valence-corrected chi connectivity index (χ0v) is 8.53. The highest BCUT2D eigenvalue weighted by atomic mass is 16.5. The first-order valence-corrected chi connectivity index (χ1v) is 4.51. The highest BCUT2D eigenvalue weighted by Crippen LogP contribution is 2.17. The minimum absolute atomic E-state index is 0.439. The van der Waals surface area contributed by atoms with Crippen LogP contribution >= 0.6 is 0 Å². The quantitative estimate of drug-likeness (QED) is 0.585. The topological polar surface area (TPSA) is 35.2 Å². The largest absolute Gasteiger partial charge is 0.482 e. The Morgan fingerprint density at radius 3 is 2.43 bits per heavy atom. The van der Waals surface area contributed by atoms with Gasteiger partial charge in [-0.1, -0.05) is 42.5 Å². The fraction of sp³-hybridized carbons (Fsp3) is 0.167. The van der Waals surface area contributed by atoms with Gasteiger partial charge in [0, 0.05) is 5.57 Å². The average Bonchev–Trinajstić information content (AvgIpc) is 2.26. The summed E-state index contributed by atoms with van der Waals surface area (Å²) in [6.45, 7) is 1.95. The van der Waals surface area contributed by atoms with Crippen molar-refractivity contribution >= 4 is 5.57 Å². The van der Waals surface area contributed by atoms with Gasteiger partial charge in [0.1, 0.15) is 0 Å². The Kier molecular flexibility index (Phi) is 3.80. The lowest BCUT2D eigenvalue weighted by molar-refractivity contribution is 0.290. The van der Waals surface area contributed by atoms with Crippen LogP contribution in [0.3, 0.4) is 0 Å². The molecule has 0 aliphatic heterocycles. The molecule has 1 rings (SSSR count). The molecule has 0 heterocycles. The molecule has 0 saturated carbocycles. The zero-order chi connectivity index (χ0) is 10.4. The number of hydrogen-bond acceptors (Lipinski definition) is 2. The van der Waals surface area contributed by atoms with Crippen LogP contribution in [0, 0.1) is 0 Å². The maximum absolute atomic E-state index is 5.74. The molecule has 74 valence electrons. The number of hydrogen-bond donors (Lipinski definition) is 1. The fourth-order valence-electron chi connectivity index (χ4n) is 1.21. The van der Waals surface area contributed by atoms with Gasteiger partial charge in [-0.2, -0.15) is 0 Å². The predicted molar refractivity (Wildman–Crippen MR) is 59.4 cm³/mol. The minimum atomic E-state index is 0.439. The van der Waals surface area contributed by atoms with Crippen LogP contribution in [0.25, 0.3) is 5.57 Å². The number of ether oxygens (including phenoxy) is 1. The molecule has 0 radical (unpaired) electrons. The van der Waals surface area contributed by atoms with Crippen molar-refractivity contribution < 1.29 is 4.74 Å². The lowest BCUT2D eigenvalue weighted by Gasteiger charge is -2.06. The zero-order valence-electron chi connectivity index (χ0n) is 8.53. The van der Waals surface area contributed by atoms with Gasteiger partial charge in [-0.05, 0) is 12.5 Å². The Hall–Kier alpha value is -1.70. The summed E-state index contributed by atoms with van der Waals surface area (Å²) < 4.78 is 5.03. The van der Waals surface area contributed by atoms with E-state index in [1.54, 1.807) is 7.11 Å². The molecule has 2 heteroatoms. The normalized spacial score (nSPS) is 12.7. The second-order valence-corrected chi connectivity index (χ2v) is 2.85. The van der Waals surface area contributed by atoms with E-state index in [1.807, 2.05) is 49.4 Å². The molecule has 0 fully saturated rings. The summed E-state index contributed by atoms with van der Waals surface area (Å²) in [6.07, 6.45) is 3.88. The van der Waals surface area contributed by atoms with E-state index in [0.29, 0.717) is 5.88 Å². The average molecular weight is 189 g/mol. The van der Waals surface area contributed by atoms with E-state index in [2.05, 4.69) is 0 Å². The van der Waals surface area contributed by atoms with E-state index in [4.69, 9.17) is 10.5 Å². The van der Waals surface area contributed by atoms with Crippen LogP contribution in [0.15, 0.2) is 48.4 Å². The number of benzene rings is 1. The smallest absolute Gasteiger partial charge is 0.191 e. The lowest BCUT2D eigenvalue weighted by atomic mass is 10.1. The second kappa shape index (κ2) is 5.12. The second-order valence-electron chi connectivity index (χ2n) is 2.85. The summed E-state index contributed by atoms with van der Waals surface area (Å²) >= 11 is 0. The summed E-state index contributed by atoms with van der Waals surface area (Å²) in [6, 6.07) is 9.92. The van der Waals surface area contributed by atoms with Crippen molar-refractivity contribution in [2.45, 2.75) is 6.92 Å². The van der Waals surface area contributed by atoms with E-state index < -0.39 is 0 Å². The summed E-state index contributed by atoms with van der Waals surface area (Å²) in [5.41, 5.74) is 7.71. The number of rotatable bonds is 3. The van der Waals surface area contributed by atoms with Crippen LogP contribution < -0.4 is 5.73 Å². The first kappa shape index (κ1) is 10.4.